The Morgan fingerprint density at radius 2 is 2.22 bits per heavy atom. The number of ether oxygens (including phenoxy) is 2. The largest absolute Gasteiger partial charge is 0.384 e. The molecule has 148 valence electrons. The SMILES string of the molecule is COCC1(C)CN(c2ccc(/C(C=NCC3CCCCO3)=N/N)c(C)c2)C1. The number of hydrogen-bond acceptors (Lipinski definition) is 6. The van der Waals surface area contributed by atoms with Crippen LogP contribution in [0.25, 0.3) is 0 Å². The summed E-state index contributed by atoms with van der Waals surface area (Å²) >= 11 is 0. The van der Waals surface area contributed by atoms with Gasteiger partial charge in [-0.1, -0.05) is 13.0 Å². The molecule has 0 radical (unpaired) electrons. The van der Waals surface area contributed by atoms with Gasteiger partial charge in [0.1, 0.15) is 5.71 Å². The smallest absolute Gasteiger partial charge is 0.108 e. The van der Waals surface area contributed by atoms with Crippen molar-refractivity contribution in [2.75, 3.05) is 44.9 Å². The van der Waals surface area contributed by atoms with Crippen molar-refractivity contribution in [1.29, 1.82) is 0 Å². The fourth-order valence-corrected chi connectivity index (χ4v) is 4.01. The number of hydrogen-bond donors (Lipinski definition) is 1. The Kier molecular flexibility index (Phi) is 6.50. The lowest BCUT2D eigenvalue weighted by molar-refractivity contribution is 0.0226. The van der Waals surface area contributed by atoms with Gasteiger partial charge < -0.3 is 20.2 Å². The maximum Gasteiger partial charge on any atom is 0.108 e. The molecule has 0 spiro atoms. The number of anilines is 1. The van der Waals surface area contributed by atoms with Crippen molar-refractivity contribution in [3.05, 3.63) is 29.3 Å². The average molecular weight is 373 g/mol. The van der Waals surface area contributed by atoms with E-state index in [-0.39, 0.29) is 11.5 Å². The van der Waals surface area contributed by atoms with Gasteiger partial charge in [-0.15, -0.1) is 0 Å². The first-order chi connectivity index (χ1) is 13.0. The zero-order valence-corrected chi connectivity index (χ0v) is 16.8. The summed E-state index contributed by atoms with van der Waals surface area (Å²) in [5.74, 6) is 5.64. The highest BCUT2D eigenvalue weighted by molar-refractivity contribution is 6.38. The predicted octanol–water partition coefficient (Wildman–Crippen LogP) is 2.77. The number of aryl methyl sites for hydroxylation is 1. The molecule has 2 saturated heterocycles. The van der Waals surface area contributed by atoms with Gasteiger partial charge in [-0.05, 0) is 43.9 Å². The molecule has 0 saturated carbocycles. The minimum Gasteiger partial charge on any atom is -0.384 e. The quantitative estimate of drug-likeness (QED) is 0.454. The van der Waals surface area contributed by atoms with E-state index in [0.29, 0.717) is 12.3 Å². The van der Waals surface area contributed by atoms with Crippen LogP contribution < -0.4 is 10.7 Å². The Labute approximate surface area is 162 Å². The highest BCUT2D eigenvalue weighted by atomic mass is 16.5. The first kappa shape index (κ1) is 19.8. The van der Waals surface area contributed by atoms with Crippen LogP contribution in [0.3, 0.4) is 0 Å². The van der Waals surface area contributed by atoms with Crippen molar-refractivity contribution < 1.29 is 9.47 Å². The van der Waals surface area contributed by atoms with E-state index in [4.69, 9.17) is 15.3 Å². The third kappa shape index (κ3) is 4.87. The summed E-state index contributed by atoms with van der Waals surface area (Å²) in [5.41, 5.74) is 4.36. The van der Waals surface area contributed by atoms with Gasteiger partial charge in [-0.2, -0.15) is 5.10 Å². The van der Waals surface area contributed by atoms with E-state index >= 15 is 0 Å². The van der Waals surface area contributed by atoms with Gasteiger partial charge in [0.2, 0.25) is 0 Å². The third-order valence-electron chi connectivity index (χ3n) is 5.42. The lowest BCUT2D eigenvalue weighted by Gasteiger charge is -2.49. The second-order valence-corrected chi connectivity index (χ2v) is 8.10. The summed E-state index contributed by atoms with van der Waals surface area (Å²) in [5, 5.41) is 3.95. The Morgan fingerprint density at radius 1 is 1.41 bits per heavy atom. The minimum absolute atomic E-state index is 0.227. The standard InChI is InChI=1S/C21H32N4O2/c1-16-10-17(25-13-21(2,14-25)15-26-3)7-8-19(16)20(24-22)12-23-11-18-6-4-5-9-27-18/h7-8,10,12,18H,4-6,9,11,13-15,22H2,1-3H3/b23-12?,24-20+. The van der Waals surface area contributed by atoms with Crippen LogP contribution in [0.4, 0.5) is 5.69 Å². The second-order valence-electron chi connectivity index (χ2n) is 8.10. The number of aliphatic imine (C=N–C) groups is 1. The summed E-state index contributed by atoms with van der Waals surface area (Å²) in [6, 6.07) is 6.43. The summed E-state index contributed by atoms with van der Waals surface area (Å²) < 4.78 is 11.0. The molecule has 2 aliphatic heterocycles. The molecule has 2 fully saturated rings. The van der Waals surface area contributed by atoms with Crippen molar-refractivity contribution in [3.8, 4) is 0 Å². The molecule has 1 aromatic rings. The molecule has 2 N–H and O–H groups in total. The summed E-state index contributed by atoms with van der Waals surface area (Å²) in [6.45, 7) is 8.70. The fraction of sp³-hybridized carbons (Fsp3) is 0.619. The van der Waals surface area contributed by atoms with E-state index in [1.165, 1.54) is 12.1 Å². The molecule has 1 unspecified atom stereocenters. The zero-order valence-electron chi connectivity index (χ0n) is 16.8. The normalized spacial score (nSPS) is 22.9. The maximum atomic E-state index is 5.72. The van der Waals surface area contributed by atoms with Crippen LogP contribution in [0.2, 0.25) is 0 Å². The molecule has 27 heavy (non-hydrogen) atoms. The predicted molar refractivity (Wildman–Crippen MR) is 111 cm³/mol. The van der Waals surface area contributed by atoms with Crippen LogP contribution in [0.5, 0.6) is 0 Å². The Balaban J connectivity index is 1.62. The number of nitrogens with zero attached hydrogens (tertiary/aromatic N) is 3. The first-order valence-corrected chi connectivity index (χ1v) is 9.79. The second kappa shape index (κ2) is 8.85. The minimum atomic E-state index is 0.227. The van der Waals surface area contributed by atoms with Crippen LogP contribution in [0.1, 0.15) is 37.3 Å². The van der Waals surface area contributed by atoms with E-state index in [2.05, 4.69) is 47.0 Å². The van der Waals surface area contributed by atoms with Crippen LogP contribution in [-0.4, -0.2) is 58.0 Å². The van der Waals surface area contributed by atoms with Crippen molar-refractivity contribution in [2.45, 2.75) is 39.2 Å². The highest BCUT2D eigenvalue weighted by Crippen LogP contribution is 2.35. The molecule has 0 amide bonds. The number of methoxy groups -OCH3 is 1. The molecule has 0 aromatic heterocycles. The molecule has 1 aromatic carbocycles. The number of benzene rings is 1. The van der Waals surface area contributed by atoms with E-state index in [0.717, 1.165) is 50.3 Å². The molecule has 6 nitrogen and oxygen atoms in total. The fourth-order valence-electron chi connectivity index (χ4n) is 4.01. The molecular weight excluding hydrogens is 340 g/mol. The Hall–Kier alpha value is -1.92. The Bertz CT molecular complexity index is 689. The van der Waals surface area contributed by atoms with Gasteiger partial charge in [0.25, 0.3) is 0 Å². The lowest BCUT2D eigenvalue weighted by atomic mass is 9.82. The number of nitrogens with two attached hydrogens (primary N) is 1. The van der Waals surface area contributed by atoms with E-state index in [1.807, 2.05) is 0 Å². The van der Waals surface area contributed by atoms with Gasteiger partial charge in [0.15, 0.2) is 0 Å². The van der Waals surface area contributed by atoms with E-state index < -0.39 is 0 Å². The van der Waals surface area contributed by atoms with Crippen molar-refractivity contribution in [3.63, 3.8) is 0 Å². The van der Waals surface area contributed by atoms with Gasteiger partial charge in [0, 0.05) is 49.7 Å². The van der Waals surface area contributed by atoms with E-state index in [1.54, 1.807) is 13.3 Å². The molecule has 3 rings (SSSR count). The molecule has 2 heterocycles. The zero-order chi connectivity index (χ0) is 19.3. The van der Waals surface area contributed by atoms with Gasteiger partial charge >= 0.3 is 0 Å². The molecular formula is C21H32N4O2. The molecule has 0 bridgehead atoms. The number of hydrazone groups is 1. The molecule has 0 aliphatic carbocycles. The summed E-state index contributed by atoms with van der Waals surface area (Å²) in [6.07, 6.45) is 5.46. The van der Waals surface area contributed by atoms with E-state index in [9.17, 15) is 0 Å². The monoisotopic (exact) mass is 372 g/mol. The molecule has 6 heteroatoms. The van der Waals surface area contributed by atoms with Crippen molar-refractivity contribution >= 4 is 17.6 Å². The van der Waals surface area contributed by atoms with Crippen LogP contribution >= 0.6 is 0 Å². The van der Waals surface area contributed by atoms with Crippen molar-refractivity contribution in [1.82, 2.24) is 0 Å². The topological polar surface area (TPSA) is 72.4 Å². The van der Waals surface area contributed by atoms with Crippen LogP contribution in [-0.2, 0) is 9.47 Å². The molecule has 2 aliphatic rings. The average Bonchev–Trinajstić information content (AvgIpc) is 2.65. The highest BCUT2D eigenvalue weighted by Gasteiger charge is 2.38. The van der Waals surface area contributed by atoms with Crippen molar-refractivity contribution in [2.24, 2.45) is 21.4 Å². The van der Waals surface area contributed by atoms with Gasteiger partial charge in [0.05, 0.1) is 19.3 Å². The lowest BCUT2D eigenvalue weighted by Crippen LogP contribution is -2.57. The van der Waals surface area contributed by atoms with Crippen LogP contribution in [0, 0.1) is 12.3 Å². The van der Waals surface area contributed by atoms with Gasteiger partial charge in [-0.3, -0.25) is 4.99 Å². The van der Waals surface area contributed by atoms with Crippen LogP contribution in [0.15, 0.2) is 28.3 Å². The summed E-state index contributed by atoms with van der Waals surface area (Å²) in [4.78, 5) is 6.90. The third-order valence-corrected chi connectivity index (χ3v) is 5.42. The summed E-state index contributed by atoms with van der Waals surface area (Å²) in [7, 11) is 1.77. The molecule has 1 atom stereocenters. The first-order valence-electron chi connectivity index (χ1n) is 9.79. The van der Waals surface area contributed by atoms with Gasteiger partial charge in [-0.25, -0.2) is 0 Å². The Morgan fingerprint density at radius 3 is 2.85 bits per heavy atom. The maximum absolute atomic E-state index is 5.72. The number of rotatable bonds is 7.